The van der Waals surface area contributed by atoms with Gasteiger partial charge in [-0.05, 0) is 63.5 Å². The maximum Gasteiger partial charge on any atom is 0.232 e. The summed E-state index contributed by atoms with van der Waals surface area (Å²) in [6.07, 6.45) is 4.64. The van der Waals surface area contributed by atoms with E-state index in [4.69, 9.17) is 0 Å². The van der Waals surface area contributed by atoms with Crippen LogP contribution in [-0.4, -0.2) is 38.0 Å². The molecule has 1 aromatic carbocycles. The Balaban J connectivity index is 1.79. The Morgan fingerprint density at radius 1 is 1.39 bits per heavy atom. The molecule has 4 heteroatoms. The van der Waals surface area contributed by atoms with Gasteiger partial charge in [0.15, 0.2) is 0 Å². The number of carbonyl (C=O) groups is 1. The molecule has 3 rings (SSSR count). The quantitative estimate of drug-likeness (QED) is 0.898. The highest BCUT2D eigenvalue weighted by Gasteiger charge is 2.49. The lowest BCUT2D eigenvalue weighted by molar-refractivity contribution is -0.128. The van der Waals surface area contributed by atoms with E-state index < -0.39 is 0 Å². The molecule has 1 saturated heterocycles. The van der Waals surface area contributed by atoms with Gasteiger partial charge in [-0.2, -0.15) is 0 Å². The fourth-order valence-electron chi connectivity index (χ4n) is 4.20. The van der Waals surface area contributed by atoms with Gasteiger partial charge in [-0.15, -0.1) is 0 Å². The topological polar surface area (TPSA) is 44.4 Å². The average molecular weight is 315 g/mol. The van der Waals surface area contributed by atoms with E-state index in [1.807, 2.05) is 0 Å². The van der Waals surface area contributed by atoms with Crippen LogP contribution in [0, 0.1) is 18.3 Å². The van der Waals surface area contributed by atoms with E-state index in [-0.39, 0.29) is 11.3 Å². The van der Waals surface area contributed by atoms with Gasteiger partial charge in [0.05, 0.1) is 5.41 Å². The Labute approximate surface area is 139 Å². The van der Waals surface area contributed by atoms with Gasteiger partial charge in [-0.1, -0.05) is 25.0 Å². The van der Waals surface area contributed by atoms with Crippen molar-refractivity contribution >= 4 is 11.6 Å². The molecular formula is C19H29N3O. The minimum absolute atomic E-state index is 0.192. The molecule has 0 unspecified atom stereocenters. The summed E-state index contributed by atoms with van der Waals surface area (Å²) < 4.78 is 0. The molecule has 0 bridgehead atoms. The Kier molecular flexibility index (Phi) is 4.74. The van der Waals surface area contributed by atoms with Crippen LogP contribution in [0.1, 0.15) is 36.8 Å². The number of hydrogen-bond donors (Lipinski definition) is 2. The van der Waals surface area contributed by atoms with Crippen LogP contribution in [0.3, 0.4) is 0 Å². The first-order valence-electron chi connectivity index (χ1n) is 8.78. The summed E-state index contributed by atoms with van der Waals surface area (Å²) in [5, 5.41) is 6.71. The van der Waals surface area contributed by atoms with Gasteiger partial charge in [0.1, 0.15) is 0 Å². The van der Waals surface area contributed by atoms with Crippen molar-refractivity contribution in [3.63, 3.8) is 0 Å². The highest BCUT2D eigenvalue weighted by Crippen LogP contribution is 2.44. The van der Waals surface area contributed by atoms with Crippen LogP contribution in [0.15, 0.2) is 18.2 Å². The molecule has 1 aromatic rings. The summed E-state index contributed by atoms with van der Waals surface area (Å²) in [6, 6.07) is 6.38. The third-order valence-corrected chi connectivity index (χ3v) is 5.54. The standard InChI is InChI=1S/C19H29N3O/c1-14-7-8-15(12-22(2)3)10-17(14)21-18(23)19-9-5-4-6-16(19)11-20-13-19/h7-8,10,16,20H,4-6,9,11-13H2,1-3H3,(H,21,23)/t16-,19+/m0/s1. The van der Waals surface area contributed by atoms with Crippen molar-refractivity contribution in [3.8, 4) is 0 Å². The number of aryl methyl sites for hydroxylation is 1. The second-order valence-electron chi connectivity index (χ2n) is 7.57. The van der Waals surface area contributed by atoms with Gasteiger partial charge in [0.25, 0.3) is 0 Å². The van der Waals surface area contributed by atoms with Crippen LogP contribution in [0.4, 0.5) is 5.69 Å². The molecule has 1 saturated carbocycles. The first-order chi connectivity index (χ1) is 11.0. The lowest BCUT2D eigenvalue weighted by Crippen LogP contribution is -2.44. The molecule has 0 radical (unpaired) electrons. The molecule has 1 amide bonds. The summed E-state index contributed by atoms with van der Waals surface area (Å²) in [5.41, 5.74) is 3.15. The van der Waals surface area contributed by atoms with Crippen molar-refractivity contribution < 1.29 is 4.79 Å². The minimum Gasteiger partial charge on any atom is -0.325 e. The summed E-state index contributed by atoms with van der Waals surface area (Å²) in [4.78, 5) is 15.2. The third-order valence-electron chi connectivity index (χ3n) is 5.54. The molecule has 0 spiro atoms. The second-order valence-corrected chi connectivity index (χ2v) is 7.57. The number of fused-ring (bicyclic) bond motifs is 1. The zero-order chi connectivity index (χ0) is 16.4. The summed E-state index contributed by atoms with van der Waals surface area (Å²) >= 11 is 0. The fraction of sp³-hybridized carbons (Fsp3) is 0.632. The Hall–Kier alpha value is -1.39. The number of hydrogen-bond acceptors (Lipinski definition) is 3. The van der Waals surface area contributed by atoms with Crippen molar-refractivity contribution in [3.05, 3.63) is 29.3 Å². The van der Waals surface area contributed by atoms with Crippen molar-refractivity contribution in [1.29, 1.82) is 0 Å². The van der Waals surface area contributed by atoms with Gasteiger partial charge in [0, 0.05) is 18.8 Å². The number of carbonyl (C=O) groups excluding carboxylic acids is 1. The Morgan fingerprint density at radius 3 is 3.00 bits per heavy atom. The van der Waals surface area contributed by atoms with Gasteiger partial charge in [0.2, 0.25) is 5.91 Å². The summed E-state index contributed by atoms with van der Waals surface area (Å²) in [6.45, 7) is 4.78. The number of amides is 1. The molecule has 126 valence electrons. The summed E-state index contributed by atoms with van der Waals surface area (Å²) in [5.74, 6) is 0.721. The van der Waals surface area contributed by atoms with E-state index in [1.165, 1.54) is 24.8 Å². The van der Waals surface area contributed by atoms with Crippen molar-refractivity contribution in [2.45, 2.75) is 39.2 Å². The van der Waals surface area contributed by atoms with Gasteiger partial charge in [-0.25, -0.2) is 0 Å². The van der Waals surface area contributed by atoms with Crippen molar-refractivity contribution in [1.82, 2.24) is 10.2 Å². The molecule has 1 aliphatic carbocycles. The van der Waals surface area contributed by atoms with Crippen LogP contribution < -0.4 is 10.6 Å². The first-order valence-corrected chi connectivity index (χ1v) is 8.78. The van der Waals surface area contributed by atoms with Crippen LogP contribution in [0.2, 0.25) is 0 Å². The number of rotatable bonds is 4. The SMILES string of the molecule is Cc1ccc(CN(C)C)cc1NC(=O)[C@@]12CCCC[C@H]1CNC2. The smallest absolute Gasteiger partial charge is 0.232 e. The van der Waals surface area contributed by atoms with E-state index in [1.54, 1.807) is 0 Å². The predicted octanol–water partition coefficient (Wildman–Crippen LogP) is 2.77. The lowest BCUT2D eigenvalue weighted by atomic mass is 9.67. The number of benzene rings is 1. The molecule has 23 heavy (non-hydrogen) atoms. The molecule has 0 aromatic heterocycles. The third kappa shape index (κ3) is 3.29. The molecule has 2 N–H and O–H groups in total. The van der Waals surface area contributed by atoms with Crippen molar-refractivity contribution in [2.24, 2.45) is 11.3 Å². The van der Waals surface area contributed by atoms with Gasteiger partial charge in [-0.3, -0.25) is 4.79 Å². The molecule has 2 fully saturated rings. The molecule has 4 nitrogen and oxygen atoms in total. The number of nitrogens with zero attached hydrogens (tertiary/aromatic N) is 1. The molecule has 2 atom stereocenters. The van der Waals surface area contributed by atoms with Gasteiger partial charge < -0.3 is 15.5 Å². The maximum atomic E-state index is 13.1. The Morgan fingerprint density at radius 2 is 2.22 bits per heavy atom. The highest BCUT2D eigenvalue weighted by atomic mass is 16.2. The fourth-order valence-corrected chi connectivity index (χ4v) is 4.20. The highest BCUT2D eigenvalue weighted by molar-refractivity contribution is 5.96. The second kappa shape index (κ2) is 6.62. The Bertz CT molecular complexity index is 584. The lowest BCUT2D eigenvalue weighted by Gasteiger charge is -2.37. The van der Waals surface area contributed by atoms with Crippen LogP contribution in [0.25, 0.3) is 0 Å². The van der Waals surface area contributed by atoms with Crippen LogP contribution in [0.5, 0.6) is 0 Å². The van der Waals surface area contributed by atoms with E-state index in [9.17, 15) is 4.79 Å². The van der Waals surface area contributed by atoms with Gasteiger partial charge >= 0.3 is 0 Å². The largest absolute Gasteiger partial charge is 0.325 e. The van der Waals surface area contributed by atoms with E-state index in [0.717, 1.165) is 37.3 Å². The maximum absolute atomic E-state index is 13.1. The molecule has 2 aliphatic rings. The first kappa shape index (κ1) is 16.5. The molecular weight excluding hydrogens is 286 g/mol. The van der Waals surface area contributed by atoms with Crippen molar-refractivity contribution in [2.75, 3.05) is 32.5 Å². The minimum atomic E-state index is -0.192. The van der Waals surface area contributed by atoms with Crippen LogP contribution >= 0.6 is 0 Å². The normalized spacial score (nSPS) is 27.0. The monoisotopic (exact) mass is 315 g/mol. The average Bonchev–Trinajstić information content (AvgIpc) is 2.95. The molecule has 1 heterocycles. The zero-order valence-electron chi connectivity index (χ0n) is 14.6. The van der Waals surface area contributed by atoms with E-state index in [2.05, 4.69) is 54.8 Å². The summed E-state index contributed by atoms with van der Waals surface area (Å²) in [7, 11) is 4.13. The van der Waals surface area contributed by atoms with E-state index in [0.29, 0.717) is 5.92 Å². The zero-order valence-corrected chi connectivity index (χ0v) is 14.6. The predicted molar refractivity (Wildman–Crippen MR) is 94.5 cm³/mol. The number of anilines is 1. The van der Waals surface area contributed by atoms with E-state index >= 15 is 0 Å². The molecule has 1 aliphatic heterocycles. The van der Waals surface area contributed by atoms with Crippen LogP contribution in [-0.2, 0) is 11.3 Å². The number of nitrogens with one attached hydrogen (secondary N) is 2.